The summed E-state index contributed by atoms with van der Waals surface area (Å²) in [4.78, 5) is 2.19. The van der Waals surface area contributed by atoms with Crippen molar-refractivity contribution >= 4 is 21.7 Å². The van der Waals surface area contributed by atoms with Gasteiger partial charge in [-0.05, 0) is 49.4 Å². The first-order valence-corrected chi connectivity index (χ1v) is 5.52. The van der Waals surface area contributed by atoms with Crippen molar-refractivity contribution < 1.29 is 0 Å². The standard InChI is InChI=1S/C9H17BrN4/c1-13(2)5-3-4-6-14-7-8(10)9(11)12-14/h7H,3-6H2,1-2H3,(H2,11,12). The van der Waals surface area contributed by atoms with Gasteiger partial charge in [0.25, 0.3) is 0 Å². The molecule has 1 aromatic heterocycles. The second-order valence-corrected chi connectivity index (χ2v) is 4.49. The number of hydrogen-bond donors (Lipinski definition) is 1. The third-order valence-corrected chi connectivity index (χ3v) is 2.60. The van der Waals surface area contributed by atoms with Crippen LogP contribution in [0.3, 0.4) is 0 Å². The molecule has 0 aliphatic heterocycles. The molecule has 1 heterocycles. The van der Waals surface area contributed by atoms with E-state index in [9.17, 15) is 0 Å². The van der Waals surface area contributed by atoms with Crippen molar-refractivity contribution in [2.45, 2.75) is 19.4 Å². The minimum atomic E-state index is 0.567. The fraction of sp³-hybridized carbons (Fsp3) is 0.667. The van der Waals surface area contributed by atoms with Crippen LogP contribution in [0.4, 0.5) is 5.82 Å². The van der Waals surface area contributed by atoms with E-state index >= 15 is 0 Å². The number of aryl methyl sites for hydroxylation is 1. The third-order valence-electron chi connectivity index (χ3n) is 1.99. The van der Waals surface area contributed by atoms with Crippen LogP contribution in [0.5, 0.6) is 0 Å². The van der Waals surface area contributed by atoms with E-state index < -0.39 is 0 Å². The normalized spacial score (nSPS) is 11.1. The number of nitrogens with zero attached hydrogens (tertiary/aromatic N) is 3. The Labute approximate surface area is 93.2 Å². The molecule has 0 bridgehead atoms. The van der Waals surface area contributed by atoms with E-state index in [0.29, 0.717) is 5.82 Å². The zero-order valence-corrected chi connectivity index (χ0v) is 10.3. The van der Waals surface area contributed by atoms with Gasteiger partial charge in [-0.15, -0.1) is 0 Å². The van der Waals surface area contributed by atoms with Crippen molar-refractivity contribution in [3.05, 3.63) is 10.7 Å². The highest BCUT2D eigenvalue weighted by Gasteiger charge is 2.01. The molecule has 0 fully saturated rings. The summed E-state index contributed by atoms with van der Waals surface area (Å²) in [5, 5.41) is 4.16. The lowest BCUT2D eigenvalue weighted by molar-refractivity contribution is 0.384. The van der Waals surface area contributed by atoms with Gasteiger partial charge in [0.2, 0.25) is 0 Å². The molecule has 1 rings (SSSR count). The predicted molar refractivity (Wildman–Crippen MR) is 62.1 cm³/mol. The van der Waals surface area contributed by atoms with Crippen LogP contribution >= 0.6 is 15.9 Å². The van der Waals surface area contributed by atoms with Crippen molar-refractivity contribution in [2.75, 3.05) is 26.4 Å². The van der Waals surface area contributed by atoms with Crippen LogP contribution in [0, 0.1) is 0 Å². The number of unbranched alkanes of at least 4 members (excludes halogenated alkanes) is 1. The summed E-state index contributed by atoms with van der Waals surface area (Å²) in [7, 11) is 4.17. The first-order valence-electron chi connectivity index (χ1n) is 4.73. The Morgan fingerprint density at radius 3 is 2.71 bits per heavy atom. The number of halogens is 1. The molecule has 0 radical (unpaired) electrons. The van der Waals surface area contributed by atoms with E-state index in [4.69, 9.17) is 5.73 Å². The smallest absolute Gasteiger partial charge is 0.159 e. The molecular formula is C9H17BrN4. The van der Waals surface area contributed by atoms with Crippen LogP contribution in [0.15, 0.2) is 10.7 Å². The van der Waals surface area contributed by atoms with Crippen LogP contribution in [-0.2, 0) is 6.54 Å². The largest absolute Gasteiger partial charge is 0.381 e. The second-order valence-electron chi connectivity index (χ2n) is 3.64. The van der Waals surface area contributed by atoms with Gasteiger partial charge < -0.3 is 10.6 Å². The number of aromatic nitrogens is 2. The molecule has 14 heavy (non-hydrogen) atoms. The van der Waals surface area contributed by atoms with E-state index in [0.717, 1.165) is 24.0 Å². The van der Waals surface area contributed by atoms with Gasteiger partial charge in [-0.2, -0.15) is 5.10 Å². The maximum absolute atomic E-state index is 5.61. The Balaban J connectivity index is 2.25. The average molecular weight is 261 g/mol. The lowest BCUT2D eigenvalue weighted by atomic mass is 10.3. The van der Waals surface area contributed by atoms with Crippen LogP contribution in [-0.4, -0.2) is 35.3 Å². The summed E-state index contributed by atoms with van der Waals surface area (Å²) >= 11 is 3.33. The Kier molecular flexibility index (Phi) is 4.41. The van der Waals surface area contributed by atoms with Gasteiger partial charge in [0.15, 0.2) is 5.82 Å². The molecule has 5 heteroatoms. The highest BCUT2D eigenvalue weighted by molar-refractivity contribution is 9.10. The van der Waals surface area contributed by atoms with Gasteiger partial charge >= 0.3 is 0 Å². The van der Waals surface area contributed by atoms with Gasteiger partial charge in [0.1, 0.15) is 0 Å². The van der Waals surface area contributed by atoms with Crippen LogP contribution in [0.2, 0.25) is 0 Å². The first-order chi connectivity index (χ1) is 6.59. The zero-order valence-electron chi connectivity index (χ0n) is 8.70. The Bertz CT molecular complexity index is 263. The van der Waals surface area contributed by atoms with Gasteiger partial charge in [0.05, 0.1) is 4.47 Å². The number of anilines is 1. The molecule has 0 saturated carbocycles. The molecule has 0 unspecified atom stereocenters. The number of rotatable bonds is 5. The summed E-state index contributed by atoms with van der Waals surface area (Å²) in [5.74, 6) is 0.567. The van der Waals surface area contributed by atoms with E-state index in [2.05, 4.69) is 40.0 Å². The molecule has 0 aliphatic rings. The molecule has 0 amide bonds. The first kappa shape index (κ1) is 11.5. The number of nitrogens with two attached hydrogens (primary N) is 1. The van der Waals surface area contributed by atoms with Crippen LogP contribution in [0.25, 0.3) is 0 Å². The maximum atomic E-state index is 5.61. The van der Waals surface area contributed by atoms with E-state index in [-0.39, 0.29) is 0 Å². The number of hydrogen-bond acceptors (Lipinski definition) is 3. The van der Waals surface area contributed by atoms with Gasteiger partial charge in [-0.3, -0.25) is 4.68 Å². The third kappa shape index (κ3) is 3.67. The maximum Gasteiger partial charge on any atom is 0.159 e. The van der Waals surface area contributed by atoms with Gasteiger partial charge in [-0.25, -0.2) is 0 Å². The van der Waals surface area contributed by atoms with Gasteiger partial charge in [-0.1, -0.05) is 0 Å². The lowest BCUT2D eigenvalue weighted by Crippen LogP contribution is -2.13. The predicted octanol–water partition coefficient (Wildman–Crippen LogP) is 1.57. The summed E-state index contributed by atoms with van der Waals surface area (Å²) in [6.45, 7) is 2.06. The average Bonchev–Trinajstić information content (AvgIpc) is 2.40. The Morgan fingerprint density at radius 1 is 1.50 bits per heavy atom. The van der Waals surface area contributed by atoms with Crippen LogP contribution in [0.1, 0.15) is 12.8 Å². The molecule has 0 atom stereocenters. The molecule has 0 spiro atoms. The quantitative estimate of drug-likeness (QED) is 0.818. The summed E-state index contributed by atoms with van der Waals surface area (Å²) in [6, 6.07) is 0. The van der Waals surface area contributed by atoms with Crippen molar-refractivity contribution in [2.24, 2.45) is 0 Å². The fourth-order valence-electron chi connectivity index (χ4n) is 1.23. The molecule has 0 aromatic carbocycles. The molecule has 0 saturated heterocycles. The molecule has 2 N–H and O–H groups in total. The minimum absolute atomic E-state index is 0.567. The minimum Gasteiger partial charge on any atom is -0.381 e. The van der Waals surface area contributed by atoms with Crippen LogP contribution < -0.4 is 5.73 Å². The molecule has 80 valence electrons. The highest BCUT2D eigenvalue weighted by Crippen LogP contribution is 2.16. The van der Waals surface area contributed by atoms with Crippen molar-refractivity contribution in [3.63, 3.8) is 0 Å². The Hall–Kier alpha value is -0.550. The zero-order chi connectivity index (χ0) is 10.6. The van der Waals surface area contributed by atoms with E-state index in [1.807, 2.05) is 10.9 Å². The summed E-state index contributed by atoms with van der Waals surface area (Å²) < 4.78 is 2.76. The highest BCUT2D eigenvalue weighted by atomic mass is 79.9. The number of nitrogen functional groups attached to an aromatic ring is 1. The molecular weight excluding hydrogens is 244 g/mol. The Morgan fingerprint density at radius 2 is 2.21 bits per heavy atom. The topological polar surface area (TPSA) is 47.1 Å². The SMILES string of the molecule is CN(C)CCCCn1cc(Br)c(N)n1. The van der Waals surface area contributed by atoms with E-state index in [1.165, 1.54) is 6.42 Å². The van der Waals surface area contributed by atoms with Crippen molar-refractivity contribution in [3.8, 4) is 0 Å². The summed E-state index contributed by atoms with van der Waals surface area (Å²) in [6.07, 6.45) is 4.24. The van der Waals surface area contributed by atoms with E-state index in [1.54, 1.807) is 0 Å². The lowest BCUT2D eigenvalue weighted by Gasteiger charge is -2.08. The summed E-state index contributed by atoms with van der Waals surface area (Å²) in [5.41, 5.74) is 5.61. The van der Waals surface area contributed by atoms with Crippen molar-refractivity contribution in [1.82, 2.24) is 14.7 Å². The monoisotopic (exact) mass is 260 g/mol. The van der Waals surface area contributed by atoms with Gasteiger partial charge in [0, 0.05) is 12.7 Å². The fourth-order valence-corrected chi connectivity index (χ4v) is 1.54. The second kappa shape index (κ2) is 5.36. The molecule has 1 aromatic rings. The molecule has 0 aliphatic carbocycles. The van der Waals surface area contributed by atoms with Crippen molar-refractivity contribution in [1.29, 1.82) is 0 Å². The molecule has 4 nitrogen and oxygen atoms in total.